The van der Waals surface area contributed by atoms with E-state index in [0.717, 1.165) is 30.5 Å². The number of carbonyl (C=O) groups excluding carboxylic acids is 1. The molecule has 0 bridgehead atoms. The molecule has 1 aliphatic heterocycles. The summed E-state index contributed by atoms with van der Waals surface area (Å²) in [5.74, 6) is 0.503. The highest BCUT2D eigenvalue weighted by Gasteiger charge is 2.45. The summed E-state index contributed by atoms with van der Waals surface area (Å²) in [7, 11) is 0. The third kappa shape index (κ3) is 2.94. The van der Waals surface area contributed by atoms with Crippen molar-refractivity contribution in [3.05, 3.63) is 48.0 Å². The van der Waals surface area contributed by atoms with Gasteiger partial charge >= 0.3 is 0 Å². The van der Waals surface area contributed by atoms with E-state index < -0.39 is 0 Å². The topological polar surface area (TPSA) is 69.0 Å². The van der Waals surface area contributed by atoms with Gasteiger partial charge in [0.1, 0.15) is 6.10 Å². The smallest absolute Gasteiger partial charge is 0.224 e. The maximum atomic E-state index is 12.6. The van der Waals surface area contributed by atoms with Crippen molar-refractivity contribution in [1.82, 2.24) is 20.1 Å². The summed E-state index contributed by atoms with van der Waals surface area (Å²) in [4.78, 5) is 16.7. The second-order valence-electron chi connectivity index (χ2n) is 6.56. The first-order valence-electron chi connectivity index (χ1n) is 8.60. The number of hydrogen-bond acceptors (Lipinski definition) is 4. The van der Waals surface area contributed by atoms with Gasteiger partial charge in [0.05, 0.1) is 12.2 Å². The lowest BCUT2D eigenvalue weighted by Crippen LogP contribution is -2.37. The van der Waals surface area contributed by atoms with Gasteiger partial charge in [-0.3, -0.25) is 14.5 Å². The SMILES string of the molecule is CCn1cc([C@H]2OCC[C@@H]2NC(=O)C2CC2c2cccnc2)cn1. The molecule has 1 aliphatic carbocycles. The molecule has 126 valence electrons. The van der Waals surface area contributed by atoms with E-state index in [1.165, 1.54) is 0 Å². The monoisotopic (exact) mass is 326 g/mol. The average Bonchev–Trinajstić information content (AvgIpc) is 3.05. The summed E-state index contributed by atoms with van der Waals surface area (Å²) in [6.07, 6.45) is 9.13. The number of pyridine rings is 1. The fourth-order valence-corrected chi connectivity index (χ4v) is 3.50. The molecule has 4 atom stereocenters. The lowest BCUT2D eigenvalue weighted by atomic mass is 10.0. The maximum Gasteiger partial charge on any atom is 0.224 e. The molecule has 2 fully saturated rings. The summed E-state index contributed by atoms with van der Waals surface area (Å²) in [6, 6.07) is 4.00. The predicted octanol–water partition coefficient (Wildman–Crippen LogP) is 2.05. The molecule has 2 aliphatic rings. The van der Waals surface area contributed by atoms with Crippen LogP contribution in [-0.2, 0) is 16.1 Å². The van der Waals surface area contributed by atoms with E-state index in [-0.39, 0.29) is 24.0 Å². The second-order valence-corrected chi connectivity index (χ2v) is 6.56. The zero-order chi connectivity index (χ0) is 16.5. The van der Waals surface area contributed by atoms with Gasteiger partial charge in [0.25, 0.3) is 0 Å². The third-order valence-electron chi connectivity index (χ3n) is 4.96. The van der Waals surface area contributed by atoms with E-state index in [1.54, 1.807) is 6.20 Å². The summed E-state index contributed by atoms with van der Waals surface area (Å²) < 4.78 is 7.73. The summed E-state index contributed by atoms with van der Waals surface area (Å²) in [6.45, 7) is 3.56. The number of amides is 1. The number of rotatable bonds is 5. The molecule has 1 N–H and O–H groups in total. The second kappa shape index (κ2) is 6.36. The van der Waals surface area contributed by atoms with E-state index in [2.05, 4.69) is 22.3 Å². The Morgan fingerprint density at radius 3 is 3.08 bits per heavy atom. The van der Waals surface area contributed by atoms with Crippen LogP contribution < -0.4 is 5.32 Å². The van der Waals surface area contributed by atoms with Crippen molar-refractivity contribution in [2.45, 2.75) is 44.4 Å². The zero-order valence-corrected chi connectivity index (χ0v) is 13.8. The Hall–Kier alpha value is -2.21. The molecule has 0 aromatic carbocycles. The van der Waals surface area contributed by atoms with Gasteiger partial charge in [-0.15, -0.1) is 0 Å². The number of nitrogens with one attached hydrogen (secondary N) is 1. The Labute approximate surface area is 141 Å². The lowest BCUT2D eigenvalue weighted by Gasteiger charge is -2.19. The van der Waals surface area contributed by atoms with Gasteiger partial charge in [0.2, 0.25) is 5.91 Å². The highest BCUT2D eigenvalue weighted by atomic mass is 16.5. The van der Waals surface area contributed by atoms with Crippen LogP contribution in [0.3, 0.4) is 0 Å². The van der Waals surface area contributed by atoms with E-state index in [4.69, 9.17) is 4.74 Å². The Balaban J connectivity index is 1.39. The van der Waals surface area contributed by atoms with Gasteiger partial charge in [-0.2, -0.15) is 5.10 Å². The van der Waals surface area contributed by atoms with E-state index in [0.29, 0.717) is 12.5 Å². The Morgan fingerprint density at radius 2 is 2.33 bits per heavy atom. The zero-order valence-electron chi connectivity index (χ0n) is 13.8. The van der Waals surface area contributed by atoms with Crippen molar-refractivity contribution >= 4 is 5.91 Å². The quantitative estimate of drug-likeness (QED) is 0.913. The molecule has 2 aromatic rings. The first-order valence-corrected chi connectivity index (χ1v) is 8.60. The van der Waals surface area contributed by atoms with E-state index in [9.17, 15) is 4.79 Å². The number of nitrogens with zero attached hydrogens (tertiary/aromatic N) is 3. The standard InChI is InChI=1S/C18H22N4O2/c1-2-22-11-13(10-20-22)17-16(5-7-24-17)21-18(23)15-8-14(15)12-4-3-6-19-9-12/h3-4,6,9-11,14-17H,2,5,7-8H2,1H3,(H,21,23)/t14?,15?,16-,17+/m0/s1. The molecule has 3 heterocycles. The molecule has 0 radical (unpaired) electrons. The van der Waals surface area contributed by atoms with Gasteiger partial charge < -0.3 is 10.1 Å². The van der Waals surface area contributed by atoms with Crippen molar-refractivity contribution in [3.63, 3.8) is 0 Å². The highest BCUT2D eigenvalue weighted by molar-refractivity contribution is 5.83. The van der Waals surface area contributed by atoms with Crippen molar-refractivity contribution in [3.8, 4) is 0 Å². The van der Waals surface area contributed by atoms with Gasteiger partial charge in [-0.1, -0.05) is 6.07 Å². The first kappa shape index (κ1) is 15.3. The van der Waals surface area contributed by atoms with Crippen molar-refractivity contribution in [2.75, 3.05) is 6.61 Å². The van der Waals surface area contributed by atoms with Gasteiger partial charge in [-0.05, 0) is 37.3 Å². The Morgan fingerprint density at radius 1 is 1.42 bits per heavy atom. The third-order valence-corrected chi connectivity index (χ3v) is 4.96. The van der Waals surface area contributed by atoms with Crippen LogP contribution in [0.1, 0.15) is 42.9 Å². The normalized spacial score (nSPS) is 28.7. The minimum atomic E-state index is -0.0927. The molecule has 6 heteroatoms. The van der Waals surface area contributed by atoms with Gasteiger partial charge in [0.15, 0.2) is 0 Å². The predicted molar refractivity (Wildman–Crippen MR) is 88.2 cm³/mol. The number of ether oxygens (including phenoxy) is 1. The number of carbonyl (C=O) groups is 1. The maximum absolute atomic E-state index is 12.6. The van der Waals surface area contributed by atoms with Crippen LogP contribution in [-0.4, -0.2) is 33.3 Å². The van der Waals surface area contributed by atoms with Crippen LogP contribution in [0.2, 0.25) is 0 Å². The van der Waals surface area contributed by atoms with Crippen molar-refractivity contribution < 1.29 is 9.53 Å². The van der Waals surface area contributed by atoms with Crippen molar-refractivity contribution in [2.24, 2.45) is 5.92 Å². The van der Waals surface area contributed by atoms with E-state index >= 15 is 0 Å². The molecule has 24 heavy (non-hydrogen) atoms. The fraction of sp³-hybridized carbons (Fsp3) is 0.500. The van der Waals surface area contributed by atoms with Crippen LogP contribution in [0.15, 0.2) is 36.9 Å². The summed E-state index contributed by atoms with van der Waals surface area (Å²) in [5.41, 5.74) is 2.19. The molecule has 1 amide bonds. The molecule has 4 rings (SSSR count). The first-order chi connectivity index (χ1) is 11.8. The number of hydrogen-bond donors (Lipinski definition) is 1. The Kier molecular flexibility index (Phi) is 4.06. The molecule has 2 unspecified atom stereocenters. The van der Waals surface area contributed by atoms with Crippen LogP contribution in [0.25, 0.3) is 0 Å². The molecule has 0 spiro atoms. The van der Waals surface area contributed by atoms with E-state index in [1.807, 2.05) is 35.4 Å². The van der Waals surface area contributed by atoms with Crippen LogP contribution in [0.4, 0.5) is 0 Å². The van der Waals surface area contributed by atoms with Crippen LogP contribution in [0.5, 0.6) is 0 Å². The summed E-state index contributed by atoms with van der Waals surface area (Å²) in [5, 5.41) is 7.50. The molecule has 1 saturated heterocycles. The summed E-state index contributed by atoms with van der Waals surface area (Å²) >= 11 is 0. The van der Waals surface area contributed by atoms with Crippen LogP contribution in [0, 0.1) is 5.92 Å². The minimum absolute atomic E-state index is 0.0298. The molecular formula is C18H22N4O2. The molecule has 6 nitrogen and oxygen atoms in total. The molecule has 1 saturated carbocycles. The average molecular weight is 326 g/mol. The fourth-order valence-electron chi connectivity index (χ4n) is 3.50. The number of aryl methyl sites for hydroxylation is 1. The van der Waals surface area contributed by atoms with Gasteiger partial charge in [-0.25, -0.2) is 0 Å². The van der Waals surface area contributed by atoms with Gasteiger partial charge in [0, 0.05) is 43.2 Å². The Bertz CT molecular complexity index is 715. The highest BCUT2D eigenvalue weighted by Crippen LogP contribution is 2.47. The van der Waals surface area contributed by atoms with Crippen molar-refractivity contribution in [1.29, 1.82) is 0 Å². The number of aromatic nitrogens is 3. The minimum Gasteiger partial charge on any atom is -0.371 e. The lowest BCUT2D eigenvalue weighted by molar-refractivity contribution is -0.123. The molecular weight excluding hydrogens is 304 g/mol. The molecule has 2 aromatic heterocycles. The van der Waals surface area contributed by atoms with Crippen LogP contribution >= 0.6 is 0 Å². The largest absolute Gasteiger partial charge is 0.371 e.